The molecule has 3 aromatic rings. The molecular formula is C24H28ClN3O5. The molecule has 8 nitrogen and oxygen atoms in total. The molecule has 1 aromatic heterocycles. The van der Waals surface area contributed by atoms with E-state index in [0.717, 1.165) is 16.5 Å². The topological polar surface area (TPSA) is 124 Å². The van der Waals surface area contributed by atoms with Gasteiger partial charge in [-0.25, -0.2) is 9.59 Å². The number of fused-ring (bicyclic) bond motifs is 1. The van der Waals surface area contributed by atoms with E-state index in [-0.39, 0.29) is 24.9 Å². The van der Waals surface area contributed by atoms with Crippen molar-refractivity contribution in [1.29, 1.82) is 0 Å². The molecule has 176 valence electrons. The predicted molar refractivity (Wildman–Crippen MR) is 130 cm³/mol. The van der Waals surface area contributed by atoms with Crippen molar-refractivity contribution >= 4 is 41.1 Å². The summed E-state index contributed by atoms with van der Waals surface area (Å²) in [5.74, 6) is -0.324. The van der Waals surface area contributed by atoms with Crippen LogP contribution in [-0.2, 0) is 16.1 Å². The fraction of sp³-hybridized carbons (Fsp3) is 0.292. The summed E-state index contributed by atoms with van der Waals surface area (Å²) >= 11 is 0. The van der Waals surface area contributed by atoms with Gasteiger partial charge >= 0.3 is 11.7 Å². The second-order valence-corrected chi connectivity index (χ2v) is 7.54. The van der Waals surface area contributed by atoms with Gasteiger partial charge in [0.25, 0.3) is 0 Å². The predicted octanol–water partition coefficient (Wildman–Crippen LogP) is 3.89. The van der Waals surface area contributed by atoms with Crippen LogP contribution in [0.4, 0.5) is 10.5 Å². The lowest BCUT2D eigenvalue weighted by atomic mass is 10.1. The van der Waals surface area contributed by atoms with Crippen LogP contribution in [0.25, 0.3) is 11.0 Å². The van der Waals surface area contributed by atoms with Crippen molar-refractivity contribution in [3.8, 4) is 0 Å². The smallest absolute Gasteiger partial charge is 0.407 e. The lowest BCUT2D eigenvalue weighted by Gasteiger charge is -2.13. The van der Waals surface area contributed by atoms with Crippen LogP contribution in [-0.4, -0.2) is 24.6 Å². The molecule has 0 radical (unpaired) electrons. The molecule has 0 saturated heterocycles. The number of nitrogens with two attached hydrogens (primary N) is 1. The summed E-state index contributed by atoms with van der Waals surface area (Å²) in [6, 6.07) is 15.3. The van der Waals surface area contributed by atoms with E-state index < -0.39 is 17.8 Å². The van der Waals surface area contributed by atoms with Gasteiger partial charge in [0, 0.05) is 29.8 Å². The van der Waals surface area contributed by atoms with Crippen LogP contribution in [0.15, 0.2) is 63.8 Å². The van der Waals surface area contributed by atoms with Crippen molar-refractivity contribution in [1.82, 2.24) is 5.32 Å². The number of halogens is 1. The van der Waals surface area contributed by atoms with Gasteiger partial charge in [-0.1, -0.05) is 30.3 Å². The molecule has 3 rings (SSSR count). The summed E-state index contributed by atoms with van der Waals surface area (Å²) in [5.41, 5.74) is 8.19. The Bertz CT molecular complexity index is 1130. The highest BCUT2D eigenvalue weighted by molar-refractivity contribution is 5.96. The number of anilines is 1. The summed E-state index contributed by atoms with van der Waals surface area (Å²) in [5, 5.41) is 6.24. The highest BCUT2D eigenvalue weighted by Crippen LogP contribution is 2.21. The molecule has 0 bridgehead atoms. The second-order valence-electron chi connectivity index (χ2n) is 7.54. The van der Waals surface area contributed by atoms with Crippen molar-refractivity contribution in [3.63, 3.8) is 0 Å². The zero-order chi connectivity index (χ0) is 22.9. The number of aryl methyl sites for hydroxylation is 1. The maximum atomic E-state index is 12.4. The number of rotatable bonds is 9. The van der Waals surface area contributed by atoms with Crippen LogP contribution in [0.5, 0.6) is 0 Å². The van der Waals surface area contributed by atoms with Crippen LogP contribution >= 0.6 is 12.4 Å². The van der Waals surface area contributed by atoms with Crippen molar-refractivity contribution in [2.75, 3.05) is 11.9 Å². The number of carbonyl (C=O) groups is 2. The van der Waals surface area contributed by atoms with E-state index >= 15 is 0 Å². The molecule has 1 atom stereocenters. The van der Waals surface area contributed by atoms with E-state index in [9.17, 15) is 14.4 Å². The third kappa shape index (κ3) is 7.93. The maximum Gasteiger partial charge on any atom is 0.407 e. The van der Waals surface area contributed by atoms with Gasteiger partial charge in [0.15, 0.2) is 0 Å². The monoisotopic (exact) mass is 473 g/mol. The average Bonchev–Trinajstić information content (AvgIpc) is 2.77. The van der Waals surface area contributed by atoms with Gasteiger partial charge in [-0.3, -0.25) is 4.79 Å². The molecular weight excluding hydrogens is 446 g/mol. The standard InChI is InChI=1S/C24H27N3O5.ClH/c1-16-13-22(28)32-21-14-18(10-11-19(16)21)27-23(29)20(25)9-5-6-12-26-24(30)31-15-17-7-3-2-4-8-17;/h2-4,7-8,10-11,13-14,20H,5-6,9,12,15,25H2,1H3,(H,26,30)(H,27,29);1H/t20-;/m0./s1. The Balaban J connectivity index is 0.00000385. The zero-order valence-electron chi connectivity index (χ0n) is 18.3. The fourth-order valence-corrected chi connectivity index (χ4v) is 3.22. The van der Waals surface area contributed by atoms with Gasteiger partial charge in [0.1, 0.15) is 12.2 Å². The minimum atomic E-state index is -0.694. The number of nitrogens with one attached hydrogen (secondary N) is 2. The molecule has 2 amide bonds. The molecule has 33 heavy (non-hydrogen) atoms. The first-order valence-electron chi connectivity index (χ1n) is 10.5. The largest absolute Gasteiger partial charge is 0.445 e. The van der Waals surface area contributed by atoms with Gasteiger partial charge in [0.05, 0.1) is 6.04 Å². The van der Waals surface area contributed by atoms with E-state index in [0.29, 0.717) is 37.1 Å². The van der Waals surface area contributed by atoms with E-state index in [2.05, 4.69) is 10.6 Å². The number of ether oxygens (including phenoxy) is 1. The van der Waals surface area contributed by atoms with E-state index in [1.54, 1.807) is 18.2 Å². The quantitative estimate of drug-likeness (QED) is 0.320. The van der Waals surface area contributed by atoms with Gasteiger partial charge in [-0.2, -0.15) is 0 Å². The SMILES string of the molecule is Cc1cc(=O)oc2cc(NC(=O)[C@@H](N)CCCCNC(=O)OCc3ccccc3)ccc12.Cl. The lowest BCUT2D eigenvalue weighted by Crippen LogP contribution is -2.35. The van der Waals surface area contributed by atoms with Crippen LogP contribution in [0.3, 0.4) is 0 Å². The molecule has 0 spiro atoms. The summed E-state index contributed by atoms with van der Waals surface area (Å²) in [7, 11) is 0. The minimum Gasteiger partial charge on any atom is -0.445 e. The molecule has 0 aliphatic carbocycles. The van der Waals surface area contributed by atoms with Crippen molar-refractivity contribution in [2.45, 2.75) is 38.8 Å². The first-order valence-corrected chi connectivity index (χ1v) is 10.5. The number of hydrogen-bond donors (Lipinski definition) is 3. The van der Waals surface area contributed by atoms with Crippen LogP contribution in [0.2, 0.25) is 0 Å². The Labute approximate surface area is 197 Å². The number of amides is 2. The average molecular weight is 474 g/mol. The maximum absolute atomic E-state index is 12.4. The molecule has 4 N–H and O–H groups in total. The molecule has 0 unspecified atom stereocenters. The van der Waals surface area contributed by atoms with Crippen LogP contribution in [0.1, 0.15) is 30.4 Å². The van der Waals surface area contributed by atoms with E-state index in [1.807, 2.05) is 37.3 Å². The number of hydrogen-bond acceptors (Lipinski definition) is 6. The summed E-state index contributed by atoms with van der Waals surface area (Å²) < 4.78 is 10.3. The molecule has 0 fully saturated rings. The van der Waals surface area contributed by atoms with Crippen molar-refractivity contribution in [3.05, 3.63) is 76.1 Å². The summed E-state index contributed by atoms with van der Waals surface area (Å²) in [6.45, 7) is 2.48. The highest BCUT2D eigenvalue weighted by atomic mass is 35.5. The molecule has 9 heteroatoms. The molecule has 0 aliphatic rings. The number of carbonyl (C=O) groups excluding carboxylic acids is 2. The second kappa shape index (κ2) is 12.6. The van der Waals surface area contributed by atoms with Crippen LogP contribution in [0, 0.1) is 6.92 Å². The Morgan fingerprint density at radius 2 is 1.85 bits per heavy atom. The van der Waals surface area contributed by atoms with Crippen molar-refractivity contribution in [2.24, 2.45) is 5.73 Å². The Kier molecular flexibility index (Phi) is 9.90. The Hall–Kier alpha value is -3.36. The van der Waals surface area contributed by atoms with Crippen LogP contribution < -0.4 is 22.0 Å². The highest BCUT2D eigenvalue weighted by Gasteiger charge is 2.14. The number of unbranched alkanes of at least 4 members (excludes halogenated alkanes) is 1. The Morgan fingerprint density at radius 1 is 1.09 bits per heavy atom. The molecule has 1 heterocycles. The lowest BCUT2D eigenvalue weighted by molar-refractivity contribution is -0.117. The summed E-state index contributed by atoms with van der Waals surface area (Å²) in [6.07, 6.45) is 1.32. The van der Waals surface area contributed by atoms with Gasteiger partial charge in [-0.15, -0.1) is 12.4 Å². The third-order valence-corrected chi connectivity index (χ3v) is 4.98. The van der Waals surface area contributed by atoms with Gasteiger partial charge in [-0.05, 0) is 49.4 Å². The molecule has 0 saturated carbocycles. The van der Waals surface area contributed by atoms with Gasteiger partial charge < -0.3 is 25.5 Å². The number of alkyl carbamates (subject to hydrolysis) is 1. The first kappa shape index (κ1) is 25.9. The summed E-state index contributed by atoms with van der Waals surface area (Å²) in [4.78, 5) is 35.6. The van der Waals surface area contributed by atoms with Crippen molar-refractivity contribution < 1.29 is 18.7 Å². The van der Waals surface area contributed by atoms with E-state index in [1.165, 1.54) is 6.07 Å². The Morgan fingerprint density at radius 3 is 2.61 bits per heavy atom. The van der Waals surface area contributed by atoms with Gasteiger partial charge in [0.2, 0.25) is 5.91 Å². The molecule has 0 aliphatic heterocycles. The molecule has 2 aromatic carbocycles. The normalized spacial score (nSPS) is 11.3. The first-order chi connectivity index (χ1) is 15.4. The van der Waals surface area contributed by atoms with E-state index in [4.69, 9.17) is 14.9 Å². The number of benzene rings is 2. The minimum absolute atomic E-state index is 0. The zero-order valence-corrected chi connectivity index (χ0v) is 19.2. The fourth-order valence-electron chi connectivity index (χ4n) is 3.22. The third-order valence-electron chi connectivity index (χ3n) is 4.98.